The number of hydrogen-bond acceptors (Lipinski definition) is 5. The van der Waals surface area contributed by atoms with Crippen molar-refractivity contribution in [3.63, 3.8) is 0 Å². The first-order valence-corrected chi connectivity index (χ1v) is 9.43. The Labute approximate surface area is 157 Å². The number of nitrogens with one attached hydrogen (secondary N) is 3. The van der Waals surface area contributed by atoms with Gasteiger partial charge in [-0.1, -0.05) is 12.8 Å². The lowest BCUT2D eigenvalue weighted by Gasteiger charge is -2.23. The molecule has 8 heteroatoms. The fraction of sp³-hybridized carbons (Fsp3) is 0.526. The van der Waals surface area contributed by atoms with Crippen LogP contribution in [0.4, 0.5) is 0 Å². The molecule has 8 nitrogen and oxygen atoms in total. The van der Waals surface area contributed by atoms with Crippen molar-refractivity contribution in [2.24, 2.45) is 0 Å². The van der Waals surface area contributed by atoms with Gasteiger partial charge in [-0.2, -0.15) is 5.10 Å². The highest BCUT2D eigenvalue weighted by Crippen LogP contribution is 2.23. The Balaban J connectivity index is 1.36. The van der Waals surface area contributed by atoms with Crippen LogP contribution in [0.2, 0.25) is 0 Å². The third kappa shape index (κ3) is 3.90. The van der Waals surface area contributed by atoms with Gasteiger partial charge in [0.25, 0.3) is 11.8 Å². The predicted octanol–water partition coefficient (Wildman–Crippen LogP) is 1.85. The van der Waals surface area contributed by atoms with E-state index in [0.717, 1.165) is 36.9 Å². The van der Waals surface area contributed by atoms with E-state index >= 15 is 0 Å². The lowest BCUT2D eigenvalue weighted by molar-refractivity contribution is 0.0263. The maximum atomic E-state index is 12.6. The molecule has 2 aromatic rings. The highest BCUT2D eigenvalue weighted by Gasteiger charge is 2.29. The fourth-order valence-electron chi connectivity index (χ4n) is 3.72. The van der Waals surface area contributed by atoms with Crippen LogP contribution in [0.15, 0.2) is 16.5 Å². The van der Waals surface area contributed by atoms with Crippen LogP contribution in [0.25, 0.3) is 0 Å². The van der Waals surface area contributed by atoms with Crippen LogP contribution >= 0.6 is 0 Å². The normalized spacial score (nSPS) is 19.7. The third-order valence-corrected chi connectivity index (χ3v) is 5.21. The number of rotatable bonds is 5. The molecule has 1 fully saturated rings. The van der Waals surface area contributed by atoms with Gasteiger partial charge in [0.2, 0.25) is 0 Å². The van der Waals surface area contributed by atoms with Gasteiger partial charge in [-0.15, -0.1) is 0 Å². The molecule has 1 aliphatic heterocycles. The number of amides is 2. The second kappa shape index (κ2) is 7.56. The summed E-state index contributed by atoms with van der Waals surface area (Å²) in [5, 5.41) is 13.0. The third-order valence-electron chi connectivity index (χ3n) is 5.21. The molecule has 1 atom stereocenters. The van der Waals surface area contributed by atoms with Crippen LogP contribution in [-0.4, -0.2) is 40.7 Å². The second-order valence-electron chi connectivity index (χ2n) is 7.24. The maximum Gasteiger partial charge on any atom is 0.287 e. The Morgan fingerprint density at radius 1 is 1.26 bits per heavy atom. The van der Waals surface area contributed by atoms with E-state index in [1.807, 2.05) is 0 Å². The van der Waals surface area contributed by atoms with Crippen LogP contribution in [0.1, 0.15) is 63.7 Å². The van der Waals surface area contributed by atoms with Crippen molar-refractivity contribution < 1.29 is 18.7 Å². The largest absolute Gasteiger partial charge is 0.456 e. The van der Waals surface area contributed by atoms with Gasteiger partial charge in [-0.05, 0) is 31.9 Å². The molecule has 0 saturated heterocycles. The van der Waals surface area contributed by atoms with Crippen LogP contribution in [-0.2, 0) is 17.8 Å². The zero-order chi connectivity index (χ0) is 18.8. The van der Waals surface area contributed by atoms with Gasteiger partial charge in [0.05, 0.1) is 18.4 Å². The Morgan fingerprint density at radius 2 is 2.07 bits per heavy atom. The summed E-state index contributed by atoms with van der Waals surface area (Å²) in [6.07, 6.45) is 4.69. The molecule has 2 aliphatic rings. The highest BCUT2D eigenvalue weighted by atomic mass is 16.5. The number of aryl methyl sites for hydroxylation is 1. The summed E-state index contributed by atoms with van der Waals surface area (Å²) in [6.45, 7) is 2.48. The molecule has 1 aliphatic carbocycles. The van der Waals surface area contributed by atoms with E-state index in [9.17, 15) is 9.59 Å². The molecule has 0 bridgehead atoms. The summed E-state index contributed by atoms with van der Waals surface area (Å²) in [4.78, 5) is 24.7. The number of nitrogens with zero attached hydrogens (tertiary/aromatic N) is 1. The quantitative estimate of drug-likeness (QED) is 0.742. The molecule has 1 unspecified atom stereocenters. The Bertz CT molecular complexity index is 835. The van der Waals surface area contributed by atoms with Crippen molar-refractivity contribution in [2.45, 2.75) is 57.8 Å². The number of H-pyrrole nitrogens is 1. The molecule has 27 heavy (non-hydrogen) atoms. The van der Waals surface area contributed by atoms with Crippen molar-refractivity contribution in [2.75, 3.05) is 6.54 Å². The van der Waals surface area contributed by atoms with Crippen molar-refractivity contribution in [3.05, 3.63) is 40.6 Å². The minimum absolute atomic E-state index is 0.129. The summed E-state index contributed by atoms with van der Waals surface area (Å²) in [6, 6.07) is 3.64. The van der Waals surface area contributed by atoms with E-state index < -0.39 is 0 Å². The summed E-state index contributed by atoms with van der Waals surface area (Å²) in [7, 11) is 0. The number of fused-ring (bicyclic) bond motifs is 1. The number of carbonyl (C=O) groups excluding carboxylic acids is 2. The summed E-state index contributed by atoms with van der Waals surface area (Å²) in [5.41, 5.74) is 2.15. The number of ether oxygens (including phenoxy) is 1. The number of carbonyl (C=O) groups is 2. The van der Waals surface area contributed by atoms with Crippen LogP contribution in [0.3, 0.4) is 0 Å². The molecule has 3 N–H and O–H groups in total. The van der Waals surface area contributed by atoms with E-state index in [1.165, 1.54) is 0 Å². The summed E-state index contributed by atoms with van der Waals surface area (Å²) >= 11 is 0. The van der Waals surface area contributed by atoms with Crippen molar-refractivity contribution in [1.82, 2.24) is 20.8 Å². The average Bonchev–Trinajstić information content (AvgIpc) is 3.40. The summed E-state index contributed by atoms with van der Waals surface area (Å²) < 4.78 is 11.1. The van der Waals surface area contributed by atoms with Gasteiger partial charge in [-0.25, -0.2) is 0 Å². The van der Waals surface area contributed by atoms with E-state index in [4.69, 9.17) is 9.15 Å². The fourth-order valence-corrected chi connectivity index (χ4v) is 3.72. The van der Waals surface area contributed by atoms with Crippen LogP contribution in [0, 0.1) is 6.92 Å². The second-order valence-corrected chi connectivity index (χ2v) is 7.24. The Morgan fingerprint density at radius 3 is 2.81 bits per heavy atom. The van der Waals surface area contributed by atoms with Gasteiger partial charge in [0.1, 0.15) is 5.76 Å². The molecule has 0 spiro atoms. The molecule has 3 heterocycles. The standard InChI is InChI=1S/C19H24N4O4/c1-11-6-7-16(27-11)18(24)20-9-13-8-14-15(10-26-13)22-23-17(14)19(25)21-12-4-2-3-5-12/h6-7,12-13H,2-5,8-10H2,1H3,(H,20,24)(H,21,25)(H,22,23). The molecule has 0 aromatic carbocycles. The van der Waals surface area contributed by atoms with E-state index in [2.05, 4.69) is 20.8 Å². The minimum atomic E-state index is -0.274. The highest BCUT2D eigenvalue weighted by molar-refractivity contribution is 5.94. The smallest absolute Gasteiger partial charge is 0.287 e. The van der Waals surface area contributed by atoms with E-state index in [1.54, 1.807) is 19.1 Å². The molecular formula is C19H24N4O4. The number of aromatic amines is 1. The van der Waals surface area contributed by atoms with Gasteiger partial charge in [0, 0.05) is 24.6 Å². The number of furan rings is 1. The van der Waals surface area contributed by atoms with Gasteiger partial charge < -0.3 is 19.8 Å². The molecule has 4 rings (SSSR count). The van der Waals surface area contributed by atoms with Gasteiger partial charge in [0.15, 0.2) is 11.5 Å². The van der Waals surface area contributed by atoms with Gasteiger partial charge >= 0.3 is 0 Å². The first-order chi connectivity index (χ1) is 13.1. The monoisotopic (exact) mass is 372 g/mol. The molecule has 144 valence electrons. The first-order valence-electron chi connectivity index (χ1n) is 9.43. The number of aromatic nitrogens is 2. The molecule has 1 saturated carbocycles. The Kier molecular flexibility index (Phi) is 4.98. The summed E-state index contributed by atoms with van der Waals surface area (Å²) in [5.74, 6) is 0.568. The zero-order valence-electron chi connectivity index (χ0n) is 15.3. The maximum absolute atomic E-state index is 12.6. The first kappa shape index (κ1) is 17.8. The van der Waals surface area contributed by atoms with Crippen LogP contribution < -0.4 is 10.6 Å². The predicted molar refractivity (Wildman–Crippen MR) is 96.4 cm³/mol. The SMILES string of the molecule is Cc1ccc(C(=O)NCC2Cc3c(C(=O)NC4CCCC4)n[nH]c3CO2)o1. The van der Waals surface area contributed by atoms with Crippen molar-refractivity contribution in [1.29, 1.82) is 0 Å². The number of hydrogen-bond donors (Lipinski definition) is 3. The molecule has 2 amide bonds. The van der Waals surface area contributed by atoms with E-state index in [0.29, 0.717) is 31.0 Å². The van der Waals surface area contributed by atoms with Crippen LogP contribution in [0.5, 0.6) is 0 Å². The topological polar surface area (TPSA) is 109 Å². The Hall–Kier alpha value is -2.61. The van der Waals surface area contributed by atoms with Crippen molar-refractivity contribution >= 4 is 11.8 Å². The lowest BCUT2D eigenvalue weighted by atomic mass is 10.0. The zero-order valence-corrected chi connectivity index (χ0v) is 15.3. The molecule has 0 radical (unpaired) electrons. The van der Waals surface area contributed by atoms with Gasteiger partial charge in [-0.3, -0.25) is 14.7 Å². The average molecular weight is 372 g/mol. The van der Waals surface area contributed by atoms with Crippen molar-refractivity contribution in [3.8, 4) is 0 Å². The van der Waals surface area contributed by atoms with E-state index in [-0.39, 0.29) is 29.7 Å². The minimum Gasteiger partial charge on any atom is -0.456 e. The molecule has 2 aromatic heterocycles. The molecular weight excluding hydrogens is 348 g/mol. The lowest BCUT2D eigenvalue weighted by Crippen LogP contribution is -2.38.